The van der Waals surface area contributed by atoms with Crippen LogP contribution in [0.4, 0.5) is 0 Å². The first kappa shape index (κ1) is 16.6. The number of hydrogen-bond acceptors (Lipinski definition) is 2. The zero-order valence-electron chi connectivity index (χ0n) is 17.9. The van der Waals surface area contributed by atoms with Gasteiger partial charge in [-0.05, 0) is 63.3 Å². The lowest BCUT2D eigenvalue weighted by Crippen LogP contribution is -1.91. The first-order chi connectivity index (χ1) is 15.0. The van der Waals surface area contributed by atoms with E-state index in [9.17, 15) is 0 Å². The van der Waals surface area contributed by atoms with Crippen LogP contribution >= 0.6 is 11.3 Å². The molecule has 0 bridgehead atoms. The van der Waals surface area contributed by atoms with E-state index < -0.39 is 5.89 Å². The molecule has 2 heteroatoms. The van der Waals surface area contributed by atoms with Crippen molar-refractivity contribution < 1.29 is 1.37 Å². The number of fused-ring (bicyclic) bond motifs is 6. The van der Waals surface area contributed by atoms with E-state index in [1.807, 2.05) is 37.4 Å². The molecule has 0 radical (unpaired) electrons. The third-order valence-corrected chi connectivity index (χ3v) is 7.13. The molecule has 30 heavy (non-hydrogen) atoms. The predicted octanol–water partition coefficient (Wildman–Crippen LogP) is 8.55. The van der Waals surface area contributed by atoms with Crippen molar-refractivity contribution in [2.24, 2.45) is 0 Å². The molecule has 4 aromatic carbocycles. The van der Waals surface area contributed by atoms with Crippen LogP contribution in [0.15, 0.2) is 85.1 Å². The smallest absolute Gasteiger partial charge is 0.0719 e. The maximum absolute atomic E-state index is 8.47. The van der Waals surface area contributed by atoms with Crippen LogP contribution < -0.4 is 0 Å². The lowest BCUT2D eigenvalue weighted by molar-refractivity contribution is 0.864. The first-order valence-electron chi connectivity index (χ1n) is 10.7. The molecule has 2 heterocycles. The van der Waals surface area contributed by atoms with Gasteiger partial charge in [-0.1, -0.05) is 62.4 Å². The quantitative estimate of drug-likeness (QED) is 0.282. The Labute approximate surface area is 181 Å². The summed E-state index contributed by atoms with van der Waals surface area (Å²) in [6.07, 6.45) is 1.84. The van der Waals surface area contributed by atoms with E-state index in [1.165, 1.54) is 41.7 Å². The van der Waals surface area contributed by atoms with Crippen LogP contribution in [0.5, 0.6) is 0 Å². The molecule has 0 saturated heterocycles. The van der Waals surface area contributed by atoms with Gasteiger partial charge in [0.25, 0.3) is 0 Å². The van der Waals surface area contributed by atoms with Crippen molar-refractivity contribution in [2.45, 2.75) is 19.7 Å². The van der Waals surface area contributed by atoms with E-state index in [1.54, 1.807) is 0 Å². The highest BCUT2D eigenvalue weighted by atomic mass is 32.1. The van der Waals surface area contributed by atoms with Gasteiger partial charge in [0.2, 0.25) is 0 Å². The zero-order valence-corrected chi connectivity index (χ0v) is 17.8. The molecular weight excluding hydrogens is 382 g/mol. The number of benzene rings is 4. The topological polar surface area (TPSA) is 12.9 Å². The van der Waals surface area contributed by atoms with Crippen LogP contribution in [-0.2, 0) is 0 Å². The van der Waals surface area contributed by atoms with E-state index in [0.717, 1.165) is 16.8 Å². The molecule has 0 unspecified atom stereocenters. The second-order valence-corrected chi connectivity index (χ2v) is 9.13. The highest BCUT2D eigenvalue weighted by Gasteiger charge is 2.16. The molecular formula is C28H21NS. The average Bonchev–Trinajstić information content (AvgIpc) is 3.15. The van der Waals surface area contributed by atoms with Crippen LogP contribution in [0.3, 0.4) is 0 Å². The highest BCUT2D eigenvalue weighted by Crippen LogP contribution is 2.45. The Bertz CT molecular complexity index is 1620. The number of thiophene rings is 1. The Hall–Kier alpha value is -3.23. The van der Waals surface area contributed by atoms with Crippen molar-refractivity contribution in [3.8, 4) is 11.3 Å². The zero-order chi connectivity index (χ0) is 21.2. The number of nitrogens with zero attached hydrogens (tertiary/aromatic N) is 1. The minimum absolute atomic E-state index is 0.661. The Morgan fingerprint density at radius 2 is 1.53 bits per heavy atom. The Morgan fingerprint density at radius 1 is 0.800 bits per heavy atom. The van der Waals surface area contributed by atoms with Gasteiger partial charge in [-0.25, -0.2) is 0 Å². The maximum Gasteiger partial charge on any atom is 0.0719 e. The normalized spacial score (nSPS) is 12.8. The predicted molar refractivity (Wildman–Crippen MR) is 132 cm³/mol. The fraction of sp³-hybridized carbons (Fsp3) is 0.107. The molecule has 0 aliphatic heterocycles. The van der Waals surface area contributed by atoms with Gasteiger partial charge in [0.15, 0.2) is 0 Å². The molecule has 0 fully saturated rings. The molecule has 144 valence electrons. The minimum atomic E-state index is -0.661. The molecule has 0 saturated carbocycles. The molecule has 0 amide bonds. The fourth-order valence-electron chi connectivity index (χ4n) is 4.39. The third-order valence-electron chi connectivity index (χ3n) is 5.94. The van der Waals surface area contributed by atoms with Gasteiger partial charge in [0.1, 0.15) is 0 Å². The SMILES string of the molecule is [2H]C(C)(C)c1ccnc(-c2cc3ccccc3c3c2sc2cc4ccccc4cc23)c1. The number of pyridine rings is 1. The average molecular weight is 405 g/mol. The third kappa shape index (κ3) is 2.64. The number of hydrogen-bond donors (Lipinski definition) is 0. The lowest BCUT2D eigenvalue weighted by atomic mass is 9.96. The largest absolute Gasteiger partial charge is 0.256 e. The maximum atomic E-state index is 8.47. The van der Waals surface area contributed by atoms with Crippen molar-refractivity contribution in [1.29, 1.82) is 0 Å². The summed E-state index contributed by atoms with van der Waals surface area (Å²) < 4.78 is 11.0. The first-order valence-corrected chi connectivity index (χ1v) is 11.0. The summed E-state index contributed by atoms with van der Waals surface area (Å²) in [6, 6.07) is 28.1. The monoisotopic (exact) mass is 404 g/mol. The summed E-state index contributed by atoms with van der Waals surface area (Å²) in [6.45, 7) is 3.85. The van der Waals surface area contributed by atoms with Crippen LogP contribution in [0.1, 0.15) is 26.7 Å². The highest BCUT2D eigenvalue weighted by molar-refractivity contribution is 7.26. The van der Waals surface area contributed by atoms with Crippen LogP contribution in [0.2, 0.25) is 0 Å². The van der Waals surface area contributed by atoms with Gasteiger partial charge in [0, 0.05) is 33.3 Å². The summed E-state index contributed by atoms with van der Waals surface area (Å²) in [5, 5.41) is 7.63. The Kier molecular flexibility index (Phi) is 3.67. The molecule has 6 aromatic rings. The molecule has 1 nitrogen and oxygen atoms in total. The fourth-order valence-corrected chi connectivity index (χ4v) is 5.66. The Balaban J connectivity index is 1.77. The van der Waals surface area contributed by atoms with Gasteiger partial charge < -0.3 is 0 Å². The molecule has 6 rings (SSSR count). The van der Waals surface area contributed by atoms with Crippen LogP contribution in [0, 0.1) is 0 Å². The van der Waals surface area contributed by atoms with Crippen LogP contribution in [0.25, 0.3) is 53.0 Å². The summed E-state index contributed by atoms with van der Waals surface area (Å²) >= 11 is 1.84. The van der Waals surface area contributed by atoms with E-state index in [0.29, 0.717) is 0 Å². The summed E-state index contributed by atoms with van der Waals surface area (Å²) in [7, 11) is 0. The van der Waals surface area contributed by atoms with E-state index in [-0.39, 0.29) is 0 Å². The minimum Gasteiger partial charge on any atom is -0.256 e. The summed E-state index contributed by atoms with van der Waals surface area (Å²) in [5.41, 5.74) is 3.06. The van der Waals surface area contributed by atoms with Crippen molar-refractivity contribution >= 4 is 53.1 Å². The number of rotatable bonds is 2. The molecule has 0 N–H and O–H groups in total. The lowest BCUT2D eigenvalue weighted by Gasteiger charge is -2.10. The van der Waals surface area contributed by atoms with Crippen molar-refractivity contribution in [2.75, 3.05) is 0 Å². The molecule has 0 aliphatic rings. The van der Waals surface area contributed by atoms with Gasteiger partial charge in [0.05, 0.1) is 5.69 Å². The number of aromatic nitrogens is 1. The van der Waals surface area contributed by atoms with E-state index >= 15 is 0 Å². The second-order valence-electron chi connectivity index (χ2n) is 8.08. The van der Waals surface area contributed by atoms with Gasteiger partial charge in [-0.15, -0.1) is 11.3 Å². The molecule has 0 spiro atoms. The molecule has 2 aromatic heterocycles. The Morgan fingerprint density at radius 3 is 2.33 bits per heavy atom. The van der Waals surface area contributed by atoms with Crippen molar-refractivity contribution in [3.63, 3.8) is 0 Å². The van der Waals surface area contributed by atoms with Gasteiger partial charge >= 0.3 is 0 Å². The van der Waals surface area contributed by atoms with E-state index in [2.05, 4.69) is 72.8 Å². The van der Waals surface area contributed by atoms with Gasteiger partial charge in [-0.2, -0.15) is 0 Å². The van der Waals surface area contributed by atoms with E-state index in [4.69, 9.17) is 6.35 Å². The van der Waals surface area contributed by atoms with Crippen LogP contribution in [-0.4, -0.2) is 4.98 Å². The summed E-state index contributed by atoms with van der Waals surface area (Å²) in [4.78, 5) is 4.73. The second kappa shape index (κ2) is 6.65. The van der Waals surface area contributed by atoms with Gasteiger partial charge in [-0.3, -0.25) is 4.98 Å². The standard InChI is InChI=1S/C28H21NS/c1-17(2)18-11-12-29-25(15-18)23-14-21-9-5-6-10-22(21)27-24-13-19-7-3-4-8-20(19)16-26(24)30-28(23)27/h3-17H,1-2H3/i17D. The van der Waals surface area contributed by atoms with Crippen molar-refractivity contribution in [3.05, 3.63) is 90.6 Å². The molecule has 0 atom stereocenters. The van der Waals surface area contributed by atoms with Crippen molar-refractivity contribution in [1.82, 2.24) is 4.98 Å². The molecule has 0 aliphatic carbocycles. The summed E-state index contributed by atoms with van der Waals surface area (Å²) in [5.74, 6) is -0.661.